The van der Waals surface area contributed by atoms with Crippen LogP contribution >= 0.6 is 0 Å². The maximum Gasteiger partial charge on any atom is 0.162 e. The molecule has 0 saturated carbocycles. The van der Waals surface area contributed by atoms with Crippen molar-refractivity contribution in [3.05, 3.63) is 23.8 Å². The molecule has 0 bridgehead atoms. The van der Waals surface area contributed by atoms with Gasteiger partial charge in [0.2, 0.25) is 0 Å². The number of para-hydroxylation sites is 1. The first kappa shape index (κ1) is 11.8. The predicted octanol–water partition coefficient (Wildman–Crippen LogP) is 0.838. The standard InChI is InChI=1S/C11H18N2O2/c1-8(12)6-13-7-9-4-3-5-10(15-2)11(9)14/h3-5,8,13-14H,6-7,12H2,1-2H3. The third-order valence-corrected chi connectivity index (χ3v) is 2.08. The van der Waals surface area contributed by atoms with Gasteiger partial charge in [-0.05, 0) is 13.0 Å². The van der Waals surface area contributed by atoms with Gasteiger partial charge in [-0.3, -0.25) is 0 Å². The Labute approximate surface area is 90.1 Å². The predicted molar refractivity (Wildman–Crippen MR) is 60.0 cm³/mol. The number of nitrogens with one attached hydrogen (secondary N) is 1. The molecule has 0 aliphatic carbocycles. The summed E-state index contributed by atoms with van der Waals surface area (Å²) in [4.78, 5) is 0. The molecule has 1 atom stereocenters. The zero-order valence-corrected chi connectivity index (χ0v) is 9.16. The molecular weight excluding hydrogens is 192 g/mol. The molecule has 1 aromatic rings. The van der Waals surface area contributed by atoms with Crippen molar-refractivity contribution in [1.29, 1.82) is 0 Å². The third kappa shape index (κ3) is 3.42. The Balaban J connectivity index is 2.61. The van der Waals surface area contributed by atoms with Crippen molar-refractivity contribution in [2.75, 3.05) is 13.7 Å². The highest BCUT2D eigenvalue weighted by atomic mass is 16.5. The fraction of sp³-hybridized carbons (Fsp3) is 0.455. The van der Waals surface area contributed by atoms with E-state index in [1.54, 1.807) is 6.07 Å². The normalized spacial score (nSPS) is 12.5. The molecule has 0 heterocycles. The molecule has 0 spiro atoms. The van der Waals surface area contributed by atoms with Gasteiger partial charge in [-0.15, -0.1) is 0 Å². The number of nitrogens with two attached hydrogens (primary N) is 1. The number of hydrogen-bond donors (Lipinski definition) is 3. The smallest absolute Gasteiger partial charge is 0.162 e. The molecule has 84 valence electrons. The van der Waals surface area contributed by atoms with E-state index in [1.807, 2.05) is 19.1 Å². The number of phenolic OH excluding ortho intramolecular Hbond substituents is 1. The minimum absolute atomic E-state index is 0.109. The Hall–Kier alpha value is -1.26. The maximum atomic E-state index is 9.76. The molecular formula is C11H18N2O2. The molecule has 1 aromatic carbocycles. The second-order valence-electron chi connectivity index (χ2n) is 3.58. The first-order chi connectivity index (χ1) is 7.15. The summed E-state index contributed by atoms with van der Waals surface area (Å²) in [5, 5.41) is 12.9. The Morgan fingerprint density at radius 3 is 2.87 bits per heavy atom. The molecule has 0 saturated heterocycles. The van der Waals surface area contributed by atoms with Crippen LogP contribution in [0.4, 0.5) is 0 Å². The number of methoxy groups -OCH3 is 1. The fourth-order valence-electron chi connectivity index (χ4n) is 1.31. The Bertz CT molecular complexity index is 313. The maximum absolute atomic E-state index is 9.76. The third-order valence-electron chi connectivity index (χ3n) is 2.08. The van der Waals surface area contributed by atoms with Crippen LogP contribution in [0.25, 0.3) is 0 Å². The number of rotatable bonds is 5. The number of benzene rings is 1. The fourth-order valence-corrected chi connectivity index (χ4v) is 1.31. The van der Waals surface area contributed by atoms with Crippen LogP contribution in [0.5, 0.6) is 11.5 Å². The SMILES string of the molecule is COc1cccc(CNCC(C)N)c1O. The van der Waals surface area contributed by atoms with E-state index < -0.39 is 0 Å². The van der Waals surface area contributed by atoms with Gasteiger partial charge in [-0.2, -0.15) is 0 Å². The second-order valence-corrected chi connectivity index (χ2v) is 3.58. The quantitative estimate of drug-likeness (QED) is 0.673. The lowest BCUT2D eigenvalue weighted by Gasteiger charge is -2.10. The van der Waals surface area contributed by atoms with Crippen molar-refractivity contribution in [1.82, 2.24) is 5.32 Å². The summed E-state index contributed by atoms with van der Waals surface area (Å²) < 4.78 is 5.01. The van der Waals surface area contributed by atoms with Gasteiger partial charge in [0.1, 0.15) is 0 Å². The number of hydrogen-bond acceptors (Lipinski definition) is 4. The molecule has 0 aromatic heterocycles. The molecule has 4 N–H and O–H groups in total. The monoisotopic (exact) mass is 210 g/mol. The van der Waals surface area contributed by atoms with Gasteiger partial charge < -0.3 is 20.9 Å². The highest BCUT2D eigenvalue weighted by Crippen LogP contribution is 2.28. The van der Waals surface area contributed by atoms with Gasteiger partial charge in [-0.25, -0.2) is 0 Å². The van der Waals surface area contributed by atoms with Gasteiger partial charge in [0, 0.05) is 24.7 Å². The van der Waals surface area contributed by atoms with E-state index in [2.05, 4.69) is 5.32 Å². The van der Waals surface area contributed by atoms with Crippen LogP contribution < -0.4 is 15.8 Å². The molecule has 0 fully saturated rings. The van der Waals surface area contributed by atoms with Gasteiger partial charge in [-0.1, -0.05) is 12.1 Å². The summed E-state index contributed by atoms with van der Waals surface area (Å²) in [6.07, 6.45) is 0. The lowest BCUT2D eigenvalue weighted by Crippen LogP contribution is -2.30. The number of aromatic hydroxyl groups is 1. The van der Waals surface area contributed by atoms with E-state index in [9.17, 15) is 5.11 Å². The van der Waals surface area contributed by atoms with E-state index in [1.165, 1.54) is 7.11 Å². The highest BCUT2D eigenvalue weighted by Gasteiger charge is 2.06. The lowest BCUT2D eigenvalue weighted by atomic mass is 10.2. The molecule has 1 unspecified atom stereocenters. The summed E-state index contributed by atoms with van der Waals surface area (Å²) in [7, 11) is 1.54. The van der Waals surface area contributed by atoms with Crippen LogP contribution in [0.2, 0.25) is 0 Å². The minimum atomic E-state index is 0.109. The molecule has 0 amide bonds. The van der Waals surface area contributed by atoms with E-state index in [0.717, 1.165) is 12.1 Å². The first-order valence-electron chi connectivity index (χ1n) is 4.96. The molecule has 0 aliphatic heterocycles. The largest absolute Gasteiger partial charge is 0.504 e. The van der Waals surface area contributed by atoms with Crippen molar-refractivity contribution >= 4 is 0 Å². The average Bonchev–Trinajstić information content (AvgIpc) is 2.20. The van der Waals surface area contributed by atoms with Gasteiger partial charge in [0.15, 0.2) is 11.5 Å². The molecule has 0 aliphatic rings. The van der Waals surface area contributed by atoms with Crippen LogP contribution in [0, 0.1) is 0 Å². The molecule has 1 rings (SSSR count). The van der Waals surface area contributed by atoms with Crippen LogP contribution in [-0.4, -0.2) is 24.8 Å². The molecule has 0 radical (unpaired) electrons. The summed E-state index contributed by atoms with van der Waals surface area (Å²) in [5.74, 6) is 0.687. The van der Waals surface area contributed by atoms with Crippen molar-refractivity contribution in [2.45, 2.75) is 19.5 Å². The highest BCUT2D eigenvalue weighted by molar-refractivity contribution is 5.45. The summed E-state index contributed by atoms with van der Waals surface area (Å²) in [6, 6.07) is 5.54. The molecule has 15 heavy (non-hydrogen) atoms. The van der Waals surface area contributed by atoms with Crippen LogP contribution in [0.15, 0.2) is 18.2 Å². The average molecular weight is 210 g/mol. The zero-order chi connectivity index (χ0) is 11.3. The van der Waals surface area contributed by atoms with Crippen LogP contribution in [0.3, 0.4) is 0 Å². The van der Waals surface area contributed by atoms with E-state index in [0.29, 0.717) is 12.3 Å². The summed E-state index contributed by atoms with van der Waals surface area (Å²) in [6.45, 7) is 3.24. The lowest BCUT2D eigenvalue weighted by molar-refractivity contribution is 0.369. The minimum Gasteiger partial charge on any atom is -0.504 e. The van der Waals surface area contributed by atoms with E-state index in [-0.39, 0.29) is 11.8 Å². The summed E-state index contributed by atoms with van der Waals surface area (Å²) >= 11 is 0. The van der Waals surface area contributed by atoms with E-state index >= 15 is 0 Å². The van der Waals surface area contributed by atoms with Crippen LogP contribution in [0.1, 0.15) is 12.5 Å². The topological polar surface area (TPSA) is 67.5 Å². The second kappa shape index (κ2) is 5.58. The van der Waals surface area contributed by atoms with Crippen molar-refractivity contribution in [3.8, 4) is 11.5 Å². The van der Waals surface area contributed by atoms with Crippen molar-refractivity contribution in [3.63, 3.8) is 0 Å². The number of phenols is 1. The van der Waals surface area contributed by atoms with Gasteiger partial charge in [0.25, 0.3) is 0 Å². The Morgan fingerprint density at radius 1 is 1.53 bits per heavy atom. The van der Waals surface area contributed by atoms with Crippen LogP contribution in [-0.2, 0) is 6.54 Å². The zero-order valence-electron chi connectivity index (χ0n) is 9.16. The number of ether oxygens (including phenoxy) is 1. The van der Waals surface area contributed by atoms with Gasteiger partial charge in [0.05, 0.1) is 7.11 Å². The van der Waals surface area contributed by atoms with Crippen molar-refractivity contribution < 1.29 is 9.84 Å². The first-order valence-corrected chi connectivity index (χ1v) is 4.96. The Morgan fingerprint density at radius 2 is 2.27 bits per heavy atom. The Kier molecular flexibility index (Phi) is 4.39. The van der Waals surface area contributed by atoms with E-state index in [4.69, 9.17) is 10.5 Å². The summed E-state index contributed by atoms with van der Waals surface area (Å²) in [5.41, 5.74) is 6.42. The van der Waals surface area contributed by atoms with Crippen molar-refractivity contribution in [2.24, 2.45) is 5.73 Å². The molecule has 4 heteroatoms. The van der Waals surface area contributed by atoms with Gasteiger partial charge >= 0.3 is 0 Å². The molecule has 4 nitrogen and oxygen atoms in total.